The minimum atomic E-state index is -4.37. The maximum atomic E-state index is 13.1. The van der Waals surface area contributed by atoms with Crippen LogP contribution in [0.4, 0.5) is 18.9 Å². The van der Waals surface area contributed by atoms with Crippen LogP contribution in [-0.4, -0.2) is 17.2 Å². The van der Waals surface area contributed by atoms with E-state index in [1.165, 1.54) is 34.4 Å². The lowest BCUT2D eigenvalue weighted by molar-refractivity contribution is -0.137. The van der Waals surface area contributed by atoms with E-state index in [0.29, 0.717) is 16.6 Å². The van der Waals surface area contributed by atoms with Crippen molar-refractivity contribution < 1.29 is 13.2 Å². The molecule has 0 saturated carbocycles. The number of nitrogens with one attached hydrogen (secondary N) is 2. The molecule has 0 bridgehead atoms. The van der Waals surface area contributed by atoms with E-state index >= 15 is 0 Å². The average molecular weight is 582 g/mol. The number of aryl methyl sites for hydroxylation is 1. The fraction of sp³-hybridized carbons (Fsp3) is 0.200. The summed E-state index contributed by atoms with van der Waals surface area (Å²) in [6, 6.07) is 26.4. The predicted octanol–water partition coefficient (Wildman–Crippen LogP) is 8.41. The third-order valence-electron chi connectivity index (χ3n) is 8.00. The Balaban J connectivity index is 1.11. The highest BCUT2D eigenvalue weighted by atomic mass is 32.1. The molecule has 1 aliphatic carbocycles. The van der Waals surface area contributed by atoms with Gasteiger partial charge >= 0.3 is 6.18 Å². The molecule has 0 fully saturated rings. The number of halogens is 3. The number of thiocarbonyl (C=S) groups is 1. The van der Waals surface area contributed by atoms with Gasteiger partial charge in [-0.1, -0.05) is 79.0 Å². The van der Waals surface area contributed by atoms with Crippen molar-refractivity contribution >= 4 is 29.1 Å². The van der Waals surface area contributed by atoms with Gasteiger partial charge in [0.25, 0.3) is 0 Å². The minimum Gasteiger partial charge on any atom is -0.346 e. The fourth-order valence-electron chi connectivity index (χ4n) is 5.76. The molecular weight excluding hydrogens is 551 g/mol. The molecule has 1 heterocycles. The average Bonchev–Trinajstić information content (AvgIpc) is 3.66. The van der Waals surface area contributed by atoms with Crippen molar-refractivity contribution in [3.63, 3.8) is 0 Å². The maximum Gasteiger partial charge on any atom is 0.416 e. The molecule has 212 valence electrons. The topological polar surface area (TPSA) is 36.4 Å². The third-order valence-corrected chi connectivity index (χ3v) is 8.32. The van der Waals surface area contributed by atoms with Crippen LogP contribution in [0, 0.1) is 6.92 Å². The second kappa shape index (κ2) is 11.7. The van der Waals surface area contributed by atoms with Crippen LogP contribution < -0.4 is 10.6 Å². The number of hydrogen-bond acceptors (Lipinski definition) is 3. The Bertz CT molecular complexity index is 1660. The quantitative estimate of drug-likeness (QED) is 0.215. The first kappa shape index (κ1) is 28.1. The lowest BCUT2D eigenvalue weighted by atomic mass is 9.94. The van der Waals surface area contributed by atoms with Gasteiger partial charge in [-0.25, -0.2) is 0 Å². The Morgan fingerprint density at radius 2 is 1.69 bits per heavy atom. The highest BCUT2D eigenvalue weighted by molar-refractivity contribution is 7.81. The lowest BCUT2D eigenvalue weighted by Gasteiger charge is -2.16. The number of hydrogen-bond donors (Lipinski definition) is 2. The number of rotatable bonds is 7. The van der Waals surface area contributed by atoms with E-state index in [4.69, 9.17) is 12.2 Å². The van der Waals surface area contributed by atoms with Crippen molar-refractivity contribution in [1.29, 1.82) is 0 Å². The van der Waals surface area contributed by atoms with Gasteiger partial charge in [-0.05, 0) is 83.0 Å². The summed E-state index contributed by atoms with van der Waals surface area (Å²) in [5, 5.41) is 7.09. The molecule has 4 aromatic carbocycles. The highest BCUT2D eigenvalue weighted by Crippen LogP contribution is 2.34. The zero-order valence-electron chi connectivity index (χ0n) is 23.1. The van der Waals surface area contributed by atoms with Crippen LogP contribution in [0.25, 0.3) is 11.1 Å². The van der Waals surface area contributed by atoms with E-state index in [-0.39, 0.29) is 5.92 Å². The zero-order chi connectivity index (χ0) is 29.3. The first-order valence-electron chi connectivity index (χ1n) is 14.0. The number of allylic oxidation sites excluding steroid dienone is 1. The summed E-state index contributed by atoms with van der Waals surface area (Å²) in [5.74, 6) is 0.273. The summed E-state index contributed by atoms with van der Waals surface area (Å²) in [7, 11) is 0. The lowest BCUT2D eigenvalue weighted by Crippen LogP contribution is -2.28. The van der Waals surface area contributed by atoms with Crippen molar-refractivity contribution in [2.75, 3.05) is 5.32 Å². The largest absolute Gasteiger partial charge is 0.416 e. The number of nitrogens with zero attached hydrogens (tertiary/aromatic N) is 1. The van der Waals surface area contributed by atoms with Gasteiger partial charge in [0.15, 0.2) is 0 Å². The highest BCUT2D eigenvalue weighted by Gasteiger charge is 2.30. The summed E-state index contributed by atoms with van der Waals surface area (Å²) in [4.78, 5) is 4.71. The first-order valence-corrected chi connectivity index (χ1v) is 14.4. The Morgan fingerprint density at radius 3 is 2.40 bits per heavy atom. The van der Waals surface area contributed by atoms with Gasteiger partial charge in [-0.3, -0.25) is 4.99 Å². The molecule has 2 atom stereocenters. The molecule has 3 nitrogen and oxygen atoms in total. The molecule has 6 rings (SSSR count). The second-order valence-corrected chi connectivity index (χ2v) is 11.3. The van der Waals surface area contributed by atoms with E-state index in [1.54, 1.807) is 0 Å². The summed E-state index contributed by atoms with van der Waals surface area (Å²) in [6.45, 7) is 2.75. The van der Waals surface area contributed by atoms with Gasteiger partial charge in [0.1, 0.15) is 4.99 Å². The van der Waals surface area contributed by atoms with E-state index in [9.17, 15) is 13.2 Å². The Morgan fingerprint density at radius 1 is 0.929 bits per heavy atom. The minimum absolute atomic E-state index is 0.273. The van der Waals surface area contributed by atoms with E-state index < -0.39 is 11.7 Å². The van der Waals surface area contributed by atoms with Gasteiger partial charge in [0, 0.05) is 42.2 Å². The van der Waals surface area contributed by atoms with Crippen LogP contribution in [0.1, 0.15) is 44.9 Å². The van der Waals surface area contributed by atoms with Gasteiger partial charge in [0.2, 0.25) is 0 Å². The number of benzene rings is 4. The Labute approximate surface area is 249 Å². The van der Waals surface area contributed by atoms with Crippen LogP contribution in [-0.2, 0) is 25.6 Å². The monoisotopic (exact) mass is 581 g/mol. The van der Waals surface area contributed by atoms with Crippen molar-refractivity contribution in [3.05, 3.63) is 136 Å². The molecule has 1 unspecified atom stereocenters. The van der Waals surface area contributed by atoms with Crippen LogP contribution in [0.3, 0.4) is 0 Å². The molecule has 0 aromatic heterocycles. The van der Waals surface area contributed by atoms with Crippen LogP contribution in [0.2, 0.25) is 0 Å². The predicted molar refractivity (Wildman–Crippen MR) is 168 cm³/mol. The fourth-order valence-corrected chi connectivity index (χ4v) is 6.04. The summed E-state index contributed by atoms with van der Waals surface area (Å²) < 4.78 is 39.3. The summed E-state index contributed by atoms with van der Waals surface area (Å²) in [5.41, 5.74) is 8.60. The van der Waals surface area contributed by atoms with Crippen LogP contribution in [0.5, 0.6) is 0 Å². The Hall–Kier alpha value is -4.07. The van der Waals surface area contributed by atoms with Crippen molar-refractivity contribution in [3.8, 4) is 11.1 Å². The van der Waals surface area contributed by atoms with E-state index in [0.717, 1.165) is 53.9 Å². The molecule has 7 heteroatoms. The normalized spacial score (nSPS) is 17.4. The first-order chi connectivity index (χ1) is 20.2. The number of aliphatic imine (C=N–C) groups is 1. The van der Waals surface area contributed by atoms with Gasteiger partial charge < -0.3 is 10.6 Å². The van der Waals surface area contributed by atoms with Gasteiger partial charge in [-0.2, -0.15) is 13.2 Å². The second-order valence-electron chi connectivity index (χ2n) is 10.9. The van der Waals surface area contributed by atoms with Crippen LogP contribution in [0.15, 0.2) is 102 Å². The smallest absolute Gasteiger partial charge is 0.346 e. The third kappa shape index (κ3) is 6.08. The number of fused-ring (bicyclic) bond motifs is 1. The SMILES string of the molecule is Cc1cccc(C(=S)Nc2ccc3c(c2)C[C@@H](NCc2ccc(C4C=CN=C4)cc2)C3)c1-c1ccc(C(F)(F)F)cc1. The summed E-state index contributed by atoms with van der Waals surface area (Å²) >= 11 is 5.81. The maximum absolute atomic E-state index is 13.1. The number of alkyl halides is 3. The molecule has 42 heavy (non-hydrogen) atoms. The zero-order valence-corrected chi connectivity index (χ0v) is 23.9. The van der Waals surface area contributed by atoms with Crippen molar-refractivity contribution in [2.24, 2.45) is 4.99 Å². The molecule has 1 aliphatic heterocycles. The molecule has 2 N–H and O–H groups in total. The van der Waals surface area contributed by atoms with Gasteiger partial charge in [-0.15, -0.1) is 0 Å². The molecule has 4 aromatic rings. The van der Waals surface area contributed by atoms with Crippen LogP contribution >= 0.6 is 12.2 Å². The van der Waals surface area contributed by atoms with Crippen molar-refractivity contribution in [2.45, 2.75) is 44.4 Å². The summed E-state index contributed by atoms with van der Waals surface area (Å²) in [6.07, 6.45) is 3.42. The molecular formula is C35H30F3N3S. The molecule has 2 aliphatic rings. The van der Waals surface area contributed by atoms with E-state index in [1.807, 2.05) is 43.6 Å². The molecule has 0 radical (unpaired) electrons. The Kier molecular flexibility index (Phi) is 7.80. The number of anilines is 1. The molecule has 0 saturated heterocycles. The molecule has 0 spiro atoms. The molecule has 0 amide bonds. The van der Waals surface area contributed by atoms with Crippen molar-refractivity contribution in [1.82, 2.24) is 5.32 Å². The standard InChI is InChI=1S/C35H30F3N3S/c1-22-3-2-4-32(33(22)25-9-12-29(13-10-25)35(36,37)38)34(42)41-30-14-11-26-17-31(19-28(26)18-30)40-20-23-5-7-24(8-6-23)27-15-16-39-21-27/h2-16,18,21,27,31,40H,17,19-20H2,1H3,(H,41,42)/t27?,31-/m0/s1. The van der Waals surface area contributed by atoms with E-state index in [2.05, 4.69) is 58.1 Å². The van der Waals surface area contributed by atoms with Gasteiger partial charge in [0.05, 0.1) is 5.56 Å².